The molecule has 0 bridgehead atoms. The highest BCUT2D eigenvalue weighted by Crippen LogP contribution is 2.22. The summed E-state index contributed by atoms with van der Waals surface area (Å²) >= 11 is 1.73. The number of aryl methyl sites for hydroxylation is 1. The van der Waals surface area contributed by atoms with Crippen molar-refractivity contribution in [2.24, 2.45) is 22.6 Å². The minimum atomic E-state index is -0.196. The Morgan fingerprint density at radius 1 is 1.30 bits per heavy atom. The lowest BCUT2D eigenvalue weighted by molar-refractivity contribution is -0.119. The highest BCUT2D eigenvalue weighted by Gasteiger charge is 2.24. The summed E-state index contributed by atoms with van der Waals surface area (Å²) in [4.78, 5) is 25.7. The molecule has 9 heteroatoms. The van der Waals surface area contributed by atoms with Crippen LogP contribution in [-0.2, 0) is 11.3 Å². The maximum absolute atomic E-state index is 11.3. The molecule has 170 valence electrons. The first-order valence-corrected chi connectivity index (χ1v) is 11.9. The molecule has 0 aliphatic carbocycles. The Hall–Kier alpha value is -0.940. The molecule has 1 amide bonds. The summed E-state index contributed by atoms with van der Waals surface area (Å²) in [7, 11) is 0. The van der Waals surface area contributed by atoms with Gasteiger partial charge in [0.15, 0.2) is 5.96 Å². The molecule has 3 rings (SSSR count). The predicted molar refractivity (Wildman–Crippen MR) is 134 cm³/mol. The first-order chi connectivity index (χ1) is 14.0. The van der Waals surface area contributed by atoms with Gasteiger partial charge in [-0.3, -0.25) is 14.7 Å². The monoisotopic (exact) mass is 548 g/mol. The van der Waals surface area contributed by atoms with Crippen LogP contribution in [0.4, 0.5) is 0 Å². The molecular formula is C21H37IN6OS. The zero-order valence-electron chi connectivity index (χ0n) is 18.3. The summed E-state index contributed by atoms with van der Waals surface area (Å²) in [5.74, 6) is 1.80. The quantitative estimate of drug-likeness (QED) is 0.311. The number of amides is 1. The minimum absolute atomic E-state index is 0. The van der Waals surface area contributed by atoms with Crippen LogP contribution in [-0.4, -0.2) is 65.9 Å². The van der Waals surface area contributed by atoms with E-state index in [4.69, 9.17) is 10.7 Å². The second-order valence-corrected chi connectivity index (χ2v) is 9.46. The number of carbonyl (C=O) groups is 1. The molecule has 2 aliphatic rings. The van der Waals surface area contributed by atoms with Gasteiger partial charge in [-0.25, -0.2) is 4.98 Å². The number of hydrogen-bond donors (Lipinski definition) is 2. The maximum Gasteiger partial charge on any atom is 0.217 e. The van der Waals surface area contributed by atoms with E-state index >= 15 is 0 Å². The number of rotatable bonds is 7. The van der Waals surface area contributed by atoms with E-state index in [2.05, 4.69) is 39.3 Å². The average Bonchev–Trinajstić information content (AvgIpc) is 3.10. The van der Waals surface area contributed by atoms with Crippen molar-refractivity contribution in [1.82, 2.24) is 20.1 Å². The van der Waals surface area contributed by atoms with Crippen molar-refractivity contribution < 1.29 is 4.79 Å². The molecule has 1 unspecified atom stereocenters. The first-order valence-electron chi connectivity index (χ1n) is 11.0. The molecule has 7 nitrogen and oxygen atoms in total. The summed E-state index contributed by atoms with van der Waals surface area (Å²) in [6, 6.07) is 0. The number of halogens is 1. The average molecular weight is 549 g/mol. The van der Waals surface area contributed by atoms with E-state index in [1.165, 1.54) is 18.5 Å². The number of aliphatic imine (C=N–C) groups is 1. The molecule has 1 atom stereocenters. The third kappa shape index (κ3) is 7.96. The van der Waals surface area contributed by atoms with Crippen molar-refractivity contribution >= 4 is 47.2 Å². The number of piperidine rings is 2. The summed E-state index contributed by atoms with van der Waals surface area (Å²) in [5.41, 5.74) is 6.61. The van der Waals surface area contributed by atoms with E-state index in [0.29, 0.717) is 18.3 Å². The number of nitrogens with zero attached hydrogens (tertiary/aromatic N) is 4. The Morgan fingerprint density at radius 2 is 2.07 bits per heavy atom. The van der Waals surface area contributed by atoms with Gasteiger partial charge >= 0.3 is 0 Å². The van der Waals surface area contributed by atoms with E-state index in [0.717, 1.165) is 69.6 Å². The zero-order valence-corrected chi connectivity index (χ0v) is 21.5. The summed E-state index contributed by atoms with van der Waals surface area (Å²) in [5, 5.41) is 6.78. The molecule has 3 heterocycles. The largest absolute Gasteiger partial charge is 0.370 e. The van der Waals surface area contributed by atoms with E-state index in [-0.39, 0.29) is 29.9 Å². The molecule has 2 fully saturated rings. The zero-order chi connectivity index (χ0) is 20.6. The summed E-state index contributed by atoms with van der Waals surface area (Å²) < 4.78 is 0. The number of nitrogens with two attached hydrogens (primary N) is 1. The fraction of sp³-hybridized carbons (Fsp3) is 0.762. The van der Waals surface area contributed by atoms with Crippen molar-refractivity contribution in [3.63, 3.8) is 0 Å². The van der Waals surface area contributed by atoms with Gasteiger partial charge in [-0.1, -0.05) is 0 Å². The number of likely N-dealkylation sites (tertiary alicyclic amines) is 2. The van der Waals surface area contributed by atoms with E-state index in [9.17, 15) is 4.79 Å². The molecule has 2 aliphatic heterocycles. The Kier molecular flexibility index (Phi) is 10.8. The van der Waals surface area contributed by atoms with E-state index < -0.39 is 0 Å². The Labute approximate surface area is 201 Å². The smallest absolute Gasteiger partial charge is 0.217 e. The van der Waals surface area contributed by atoms with E-state index in [1.807, 2.05) is 0 Å². The van der Waals surface area contributed by atoms with Gasteiger partial charge in [-0.05, 0) is 64.5 Å². The van der Waals surface area contributed by atoms with Crippen LogP contribution in [0, 0.1) is 18.8 Å². The normalized spacial score (nSPS) is 21.3. The van der Waals surface area contributed by atoms with Crippen molar-refractivity contribution in [1.29, 1.82) is 0 Å². The number of thiazole rings is 1. The lowest BCUT2D eigenvalue weighted by atomic mass is 9.94. The van der Waals surface area contributed by atoms with Crippen LogP contribution in [0.2, 0.25) is 0 Å². The lowest BCUT2D eigenvalue weighted by Gasteiger charge is -2.35. The fourth-order valence-corrected chi connectivity index (χ4v) is 4.99. The number of hydrogen-bond acceptors (Lipinski definition) is 5. The van der Waals surface area contributed by atoms with Crippen molar-refractivity contribution in [2.75, 3.05) is 39.3 Å². The van der Waals surface area contributed by atoms with Gasteiger partial charge in [-0.15, -0.1) is 35.3 Å². The SMILES string of the molecule is CCNC(=NCC1CCN(Cc2csc(C)n2)CC1)N1CCCC(CC(N)=O)C1.I. The van der Waals surface area contributed by atoms with Crippen LogP contribution < -0.4 is 11.1 Å². The molecule has 3 N–H and O–H groups in total. The summed E-state index contributed by atoms with van der Waals surface area (Å²) in [6.07, 6.45) is 5.03. The van der Waals surface area contributed by atoms with Crippen molar-refractivity contribution in [3.8, 4) is 0 Å². The van der Waals surface area contributed by atoms with Gasteiger partial charge in [0, 0.05) is 44.5 Å². The number of guanidine groups is 1. The second-order valence-electron chi connectivity index (χ2n) is 8.40. The van der Waals surface area contributed by atoms with Gasteiger partial charge in [-0.2, -0.15) is 0 Å². The molecule has 1 aromatic heterocycles. The third-order valence-electron chi connectivity index (χ3n) is 5.90. The highest BCUT2D eigenvalue weighted by atomic mass is 127. The standard InChI is InChI=1S/C21H36N6OS.HI/c1-3-23-21(27-8-4-5-18(13-27)11-20(22)28)24-12-17-6-9-26(10-7-17)14-19-15-29-16(2)25-19;/h15,17-18H,3-14H2,1-2H3,(H2,22,28)(H,23,24);1H. The van der Waals surface area contributed by atoms with Gasteiger partial charge < -0.3 is 16.0 Å². The molecule has 30 heavy (non-hydrogen) atoms. The molecule has 0 aromatic carbocycles. The summed E-state index contributed by atoms with van der Waals surface area (Å²) in [6.45, 7) is 11.0. The topological polar surface area (TPSA) is 86.8 Å². The van der Waals surface area contributed by atoms with Crippen molar-refractivity contribution in [3.05, 3.63) is 16.1 Å². The van der Waals surface area contributed by atoms with Gasteiger partial charge in [0.25, 0.3) is 0 Å². The predicted octanol–water partition coefficient (Wildman–Crippen LogP) is 2.83. The Bertz CT molecular complexity index is 689. The molecule has 2 saturated heterocycles. The molecule has 0 spiro atoms. The molecule has 0 saturated carbocycles. The molecular weight excluding hydrogens is 511 g/mol. The number of carbonyl (C=O) groups excluding carboxylic acids is 1. The lowest BCUT2D eigenvalue weighted by Crippen LogP contribution is -2.47. The molecule has 0 radical (unpaired) electrons. The van der Waals surface area contributed by atoms with Crippen LogP contribution in [0.15, 0.2) is 10.4 Å². The third-order valence-corrected chi connectivity index (χ3v) is 6.72. The fourth-order valence-electron chi connectivity index (χ4n) is 4.39. The first kappa shape index (κ1) is 25.3. The Balaban J connectivity index is 0.00000320. The van der Waals surface area contributed by atoms with Crippen LogP contribution in [0.25, 0.3) is 0 Å². The number of nitrogens with one attached hydrogen (secondary N) is 1. The van der Waals surface area contributed by atoms with Gasteiger partial charge in [0.1, 0.15) is 0 Å². The minimum Gasteiger partial charge on any atom is -0.370 e. The van der Waals surface area contributed by atoms with Crippen LogP contribution >= 0.6 is 35.3 Å². The number of aromatic nitrogens is 1. The van der Waals surface area contributed by atoms with Crippen LogP contribution in [0.5, 0.6) is 0 Å². The second kappa shape index (κ2) is 12.8. The Morgan fingerprint density at radius 3 is 2.70 bits per heavy atom. The van der Waals surface area contributed by atoms with Crippen LogP contribution in [0.1, 0.15) is 49.7 Å². The number of primary amides is 1. The maximum atomic E-state index is 11.3. The highest BCUT2D eigenvalue weighted by molar-refractivity contribution is 14.0. The van der Waals surface area contributed by atoms with E-state index in [1.54, 1.807) is 11.3 Å². The van der Waals surface area contributed by atoms with Crippen LogP contribution in [0.3, 0.4) is 0 Å². The van der Waals surface area contributed by atoms with Gasteiger partial charge in [0.05, 0.1) is 10.7 Å². The molecule has 1 aromatic rings. The van der Waals surface area contributed by atoms with Crippen molar-refractivity contribution in [2.45, 2.75) is 52.5 Å². The van der Waals surface area contributed by atoms with Gasteiger partial charge in [0.2, 0.25) is 5.91 Å².